The summed E-state index contributed by atoms with van der Waals surface area (Å²) >= 11 is 0. The van der Waals surface area contributed by atoms with Gasteiger partial charge in [-0.2, -0.15) is 0 Å². The number of unbranched alkanes of at least 4 members (excludes halogenated alkanes) is 1. The molecule has 4 rings (SSSR count). The summed E-state index contributed by atoms with van der Waals surface area (Å²) in [4.78, 5) is 26.2. The predicted octanol–water partition coefficient (Wildman–Crippen LogP) is 6.17. The van der Waals surface area contributed by atoms with E-state index in [1.54, 1.807) is 24.3 Å². The fourth-order valence-electron chi connectivity index (χ4n) is 5.21. The van der Waals surface area contributed by atoms with E-state index in [0.717, 1.165) is 49.8 Å². The molecule has 3 aromatic carbocycles. The number of hydrogen-bond acceptors (Lipinski definition) is 6. The van der Waals surface area contributed by atoms with Crippen molar-refractivity contribution in [2.45, 2.75) is 57.7 Å². The number of ether oxygens (including phenoxy) is 1. The van der Waals surface area contributed by atoms with Crippen LogP contribution >= 0.6 is 0 Å². The van der Waals surface area contributed by atoms with Crippen LogP contribution in [-0.4, -0.2) is 55.3 Å². The molecule has 1 aliphatic heterocycles. The van der Waals surface area contributed by atoms with Crippen LogP contribution in [0.25, 0.3) is 0 Å². The minimum absolute atomic E-state index is 0.176. The molecule has 2 amide bonds. The summed E-state index contributed by atoms with van der Waals surface area (Å²) in [6.07, 6.45) is 5.42. The molecule has 44 heavy (non-hydrogen) atoms. The van der Waals surface area contributed by atoms with Crippen LogP contribution in [0.3, 0.4) is 0 Å². The number of nitrogens with one attached hydrogen (secondary N) is 3. The van der Waals surface area contributed by atoms with Gasteiger partial charge in [0, 0.05) is 30.9 Å². The molecule has 0 aromatic heterocycles. The normalized spacial score (nSPS) is 17.1. The molecule has 0 spiro atoms. The van der Waals surface area contributed by atoms with Crippen LogP contribution in [-0.2, 0) is 16.6 Å². The fraction of sp³-hybridized carbons (Fsp3) is 0.355. The number of carboxylic acid groups (broad SMARTS) is 1. The molecular formula is C31H36F2N4O6S. The lowest BCUT2D eigenvalue weighted by Gasteiger charge is -2.40. The summed E-state index contributed by atoms with van der Waals surface area (Å²) in [7, 11) is -3.36. The summed E-state index contributed by atoms with van der Waals surface area (Å²) in [5, 5.41) is 14.2. The first kappa shape index (κ1) is 32.7. The van der Waals surface area contributed by atoms with Gasteiger partial charge in [-0.3, -0.25) is 9.62 Å². The van der Waals surface area contributed by atoms with Gasteiger partial charge in [0.2, 0.25) is 10.0 Å². The monoisotopic (exact) mass is 630 g/mol. The van der Waals surface area contributed by atoms with Crippen molar-refractivity contribution in [2.24, 2.45) is 0 Å². The summed E-state index contributed by atoms with van der Waals surface area (Å²) in [6, 6.07) is 15.5. The van der Waals surface area contributed by atoms with Crippen molar-refractivity contribution in [1.29, 1.82) is 0 Å². The lowest BCUT2D eigenvalue weighted by Crippen LogP contribution is -2.50. The number of rotatable bonds is 12. The van der Waals surface area contributed by atoms with Crippen molar-refractivity contribution < 1.29 is 36.6 Å². The highest BCUT2D eigenvalue weighted by Crippen LogP contribution is 2.27. The smallest absolute Gasteiger partial charge is 0.341 e. The third kappa shape index (κ3) is 9.13. The Morgan fingerprint density at radius 1 is 1.02 bits per heavy atom. The number of carbonyl (C=O) groups is 2. The van der Waals surface area contributed by atoms with Gasteiger partial charge in [-0.1, -0.05) is 31.9 Å². The van der Waals surface area contributed by atoms with Gasteiger partial charge < -0.3 is 20.5 Å². The number of benzene rings is 3. The van der Waals surface area contributed by atoms with Gasteiger partial charge >= 0.3 is 12.0 Å². The maximum absolute atomic E-state index is 14.5. The number of aromatic carboxylic acids is 1. The van der Waals surface area contributed by atoms with E-state index in [1.165, 1.54) is 0 Å². The van der Waals surface area contributed by atoms with Gasteiger partial charge in [-0.05, 0) is 73.4 Å². The molecule has 1 saturated heterocycles. The van der Waals surface area contributed by atoms with Gasteiger partial charge in [0.05, 0.1) is 11.9 Å². The average molecular weight is 631 g/mol. The van der Waals surface area contributed by atoms with Crippen molar-refractivity contribution in [3.8, 4) is 11.5 Å². The molecule has 0 bridgehead atoms. The van der Waals surface area contributed by atoms with Crippen LogP contribution in [0, 0.1) is 11.6 Å². The van der Waals surface area contributed by atoms with Crippen LogP contribution in [0.15, 0.2) is 60.7 Å². The molecule has 1 aliphatic rings. The summed E-state index contributed by atoms with van der Waals surface area (Å²) < 4.78 is 59.3. The molecule has 0 saturated carbocycles. The Bertz CT molecular complexity index is 1570. The van der Waals surface area contributed by atoms with E-state index < -0.39 is 44.9 Å². The number of carboxylic acids is 1. The van der Waals surface area contributed by atoms with E-state index in [1.807, 2.05) is 24.3 Å². The summed E-state index contributed by atoms with van der Waals surface area (Å²) in [5.74, 6) is -3.10. The molecule has 236 valence electrons. The number of hydrogen-bond donors (Lipinski definition) is 4. The zero-order valence-electron chi connectivity index (χ0n) is 24.5. The second kappa shape index (κ2) is 14.5. The number of nitrogens with zero attached hydrogens (tertiary/aromatic N) is 1. The van der Waals surface area contributed by atoms with Crippen LogP contribution in [0.5, 0.6) is 11.5 Å². The molecule has 2 unspecified atom stereocenters. The SMILES string of the molecule is CCCCC1CC(NC(=O)Nc2ccc(F)c(C(=O)O)c2F)CCN1Cc1ccc(Oc2ccc(NS(C)(=O)=O)cc2)cc1. The zero-order chi connectivity index (χ0) is 31.9. The van der Waals surface area contributed by atoms with Crippen LogP contribution in [0.2, 0.25) is 0 Å². The highest BCUT2D eigenvalue weighted by molar-refractivity contribution is 7.92. The third-order valence-electron chi connectivity index (χ3n) is 7.32. The number of halogens is 2. The van der Waals surface area contributed by atoms with E-state index in [9.17, 15) is 26.8 Å². The Balaban J connectivity index is 1.33. The first-order valence-corrected chi connectivity index (χ1v) is 16.2. The van der Waals surface area contributed by atoms with Crippen LogP contribution in [0.4, 0.5) is 25.0 Å². The molecule has 2 atom stereocenters. The number of urea groups is 1. The predicted molar refractivity (Wildman–Crippen MR) is 164 cm³/mol. The van der Waals surface area contributed by atoms with Gasteiger partial charge in [0.15, 0.2) is 5.82 Å². The second-order valence-corrected chi connectivity index (χ2v) is 12.6. The van der Waals surface area contributed by atoms with E-state index >= 15 is 0 Å². The minimum Gasteiger partial charge on any atom is -0.477 e. The Morgan fingerprint density at radius 3 is 2.30 bits per heavy atom. The minimum atomic E-state index is -3.36. The molecule has 13 heteroatoms. The Hall–Kier alpha value is -4.23. The Kier molecular flexibility index (Phi) is 10.8. The van der Waals surface area contributed by atoms with Crippen molar-refractivity contribution in [3.05, 3.63) is 83.4 Å². The summed E-state index contributed by atoms with van der Waals surface area (Å²) in [5.41, 5.74) is 0.0170. The number of piperidine rings is 1. The molecule has 10 nitrogen and oxygen atoms in total. The lowest BCUT2D eigenvalue weighted by atomic mass is 9.93. The average Bonchev–Trinajstić information content (AvgIpc) is 2.95. The van der Waals surface area contributed by atoms with Crippen molar-refractivity contribution in [2.75, 3.05) is 22.8 Å². The number of amides is 2. The van der Waals surface area contributed by atoms with Crippen molar-refractivity contribution >= 4 is 33.4 Å². The first-order valence-electron chi connectivity index (χ1n) is 14.3. The van der Waals surface area contributed by atoms with Crippen molar-refractivity contribution in [1.82, 2.24) is 10.2 Å². The third-order valence-corrected chi connectivity index (χ3v) is 7.93. The number of anilines is 2. The molecule has 0 radical (unpaired) electrons. The molecule has 3 aromatic rings. The highest BCUT2D eigenvalue weighted by atomic mass is 32.2. The molecular weight excluding hydrogens is 594 g/mol. The number of sulfonamides is 1. The van der Waals surface area contributed by atoms with Gasteiger partial charge in [0.25, 0.3) is 0 Å². The van der Waals surface area contributed by atoms with Gasteiger partial charge in [0.1, 0.15) is 22.9 Å². The summed E-state index contributed by atoms with van der Waals surface area (Å²) in [6.45, 7) is 3.55. The van der Waals surface area contributed by atoms with E-state index in [0.29, 0.717) is 36.6 Å². The maximum Gasteiger partial charge on any atom is 0.341 e. The standard InChI is InChI=1S/C31H36F2N4O6S/c1-3-4-5-23-18-22(34-31(40)35-27-15-14-26(32)28(29(27)33)30(38)39)16-17-37(23)19-20-6-10-24(11-7-20)43-25-12-8-21(9-13-25)36-44(2,41)42/h6-15,22-23,36H,3-5,16-19H2,1-2H3,(H,38,39)(H2,34,35,40). The van der Waals surface area contributed by atoms with E-state index in [-0.39, 0.29) is 12.1 Å². The molecule has 1 heterocycles. The second-order valence-electron chi connectivity index (χ2n) is 10.8. The van der Waals surface area contributed by atoms with E-state index in [4.69, 9.17) is 9.84 Å². The largest absolute Gasteiger partial charge is 0.477 e. The molecule has 4 N–H and O–H groups in total. The van der Waals surface area contributed by atoms with E-state index in [2.05, 4.69) is 27.2 Å². The Morgan fingerprint density at radius 2 is 1.68 bits per heavy atom. The molecule has 1 fully saturated rings. The van der Waals surface area contributed by atoms with Crippen LogP contribution in [0.1, 0.15) is 54.9 Å². The van der Waals surface area contributed by atoms with Gasteiger partial charge in [-0.15, -0.1) is 0 Å². The Labute approximate surface area is 255 Å². The lowest BCUT2D eigenvalue weighted by molar-refractivity contribution is 0.0686. The zero-order valence-corrected chi connectivity index (χ0v) is 25.3. The maximum atomic E-state index is 14.5. The van der Waals surface area contributed by atoms with Gasteiger partial charge in [-0.25, -0.2) is 26.8 Å². The molecule has 0 aliphatic carbocycles. The van der Waals surface area contributed by atoms with Crippen molar-refractivity contribution in [3.63, 3.8) is 0 Å². The quantitative estimate of drug-likeness (QED) is 0.188. The number of likely N-dealkylation sites (tertiary alicyclic amines) is 1. The van der Waals surface area contributed by atoms with Crippen LogP contribution < -0.4 is 20.1 Å². The fourth-order valence-corrected chi connectivity index (χ4v) is 5.77. The highest BCUT2D eigenvalue weighted by Gasteiger charge is 2.29. The topological polar surface area (TPSA) is 137 Å². The number of carbonyl (C=O) groups excluding carboxylic acids is 1. The first-order chi connectivity index (χ1) is 20.9.